The summed E-state index contributed by atoms with van der Waals surface area (Å²) in [6, 6.07) is 10.0. The van der Waals surface area contributed by atoms with E-state index >= 15 is 0 Å². The normalized spacial score (nSPS) is 16.6. The largest absolute Gasteiger partial charge is 0.379 e. The van der Waals surface area contributed by atoms with Crippen molar-refractivity contribution in [3.8, 4) is 5.69 Å². The van der Waals surface area contributed by atoms with E-state index in [0.29, 0.717) is 6.54 Å². The first-order valence-electron chi connectivity index (χ1n) is 9.52. The van der Waals surface area contributed by atoms with Crippen LogP contribution in [-0.2, 0) is 16.0 Å². The summed E-state index contributed by atoms with van der Waals surface area (Å²) in [5.41, 5.74) is 1.03. The molecule has 1 fully saturated rings. The minimum atomic E-state index is 0. The minimum Gasteiger partial charge on any atom is -0.379 e. The molecule has 0 radical (unpaired) electrons. The summed E-state index contributed by atoms with van der Waals surface area (Å²) in [6.07, 6.45) is 3.89. The molecule has 0 bridgehead atoms. The molecule has 0 spiro atoms. The summed E-state index contributed by atoms with van der Waals surface area (Å²) >= 11 is 0. The van der Waals surface area contributed by atoms with Gasteiger partial charge in [0.2, 0.25) is 0 Å². The number of aromatic nitrogens is 3. The van der Waals surface area contributed by atoms with Crippen molar-refractivity contribution in [2.24, 2.45) is 4.99 Å². The van der Waals surface area contributed by atoms with E-state index in [1.165, 1.54) is 0 Å². The van der Waals surface area contributed by atoms with Crippen molar-refractivity contribution in [2.45, 2.75) is 32.4 Å². The van der Waals surface area contributed by atoms with E-state index < -0.39 is 0 Å². The number of nitrogens with zero attached hydrogens (tertiary/aromatic N) is 4. The molecule has 1 unspecified atom stereocenters. The maximum Gasteiger partial charge on any atom is 0.191 e. The van der Waals surface area contributed by atoms with Crippen molar-refractivity contribution in [2.75, 3.05) is 32.9 Å². The second-order valence-electron chi connectivity index (χ2n) is 6.28. The van der Waals surface area contributed by atoms with Gasteiger partial charge < -0.3 is 20.1 Å². The van der Waals surface area contributed by atoms with Crippen LogP contribution in [0.3, 0.4) is 0 Å². The average Bonchev–Trinajstić information content (AvgIpc) is 3.38. The summed E-state index contributed by atoms with van der Waals surface area (Å²) in [4.78, 5) is 4.63. The first kappa shape index (κ1) is 22.6. The highest BCUT2D eigenvalue weighted by Crippen LogP contribution is 2.10. The van der Waals surface area contributed by atoms with Crippen LogP contribution in [0, 0.1) is 0 Å². The van der Waals surface area contributed by atoms with Gasteiger partial charge in [-0.15, -0.1) is 34.2 Å². The predicted octanol–water partition coefficient (Wildman–Crippen LogP) is 2.14. The highest BCUT2D eigenvalue weighted by Gasteiger charge is 2.15. The minimum absolute atomic E-state index is 0. The van der Waals surface area contributed by atoms with Gasteiger partial charge in [-0.2, -0.15) is 0 Å². The number of guanidine groups is 1. The zero-order valence-corrected chi connectivity index (χ0v) is 18.5. The molecule has 1 atom stereocenters. The number of nitrogens with one attached hydrogen (secondary N) is 2. The molecule has 0 amide bonds. The monoisotopic (exact) mass is 500 g/mol. The lowest BCUT2D eigenvalue weighted by atomic mass is 10.3. The Labute approximate surface area is 183 Å². The van der Waals surface area contributed by atoms with Crippen molar-refractivity contribution in [1.29, 1.82) is 0 Å². The standard InChI is InChI=1S/C19H28N6O2.HI/c1-2-20-19(21-10-6-11-27-17-9-12-26-14-17)22-13-18-24-23-15-25(18)16-7-4-3-5-8-16;/h3-5,7-8,15,17H,2,6,9-14H2,1H3,(H2,20,21,22);1H. The fourth-order valence-electron chi connectivity index (χ4n) is 2.84. The van der Waals surface area contributed by atoms with Crippen LogP contribution in [-0.4, -0.2) is 59.7 Å². The summed E-state index contributed by atoms with van der Waals surface area (Å²) in [5.74, 6) is 1.56. The van der Waals surface area contributed by atoms with E-state index in [2.05, 4.69) is 25.8 Å². The smallest absolute Gasteiger partial charge is 0.191 e. The quantitative estimate of drug-likeness (QED) is 0.238. The molecule has 3 rings (SSSR count). The molecular formula is C19H29IN6O2. The molecule has 28 heavy (non-hydrogen) atoms. The Morgan fingerprint density at radius 3 is 2.93 bits per heavy atom. The molecule has 2 heterocycles. The fourth-order valence-corrected chi connectivity index (χ4v) is 2.84. The van der Waals surface area contributed by atoms with Gasteiger partial charge in [0.05, 0.1) is 12.7 Å². The van der Waals surface area contributed by atoms with Gasteiger partial charge in [0, 0.05) is 32.0 Å². The lowest BCUT2D eigenvalue weighted by Gasteiger charge is -2.13. The Kier molecular flexibility index (Phi) is 10.2. The van der Waals surface area contributed by atoms with E-state index in [1.807, 2.05) is 41.8 Å². The molecule has 1 aromatic heterocycles. The molecule has 1 aliphatic heterocycles. The van der Waals surface area contributed by atoms with Crippen LogP contribution in [0.5, 0.6) is 0 Å². The number of hydrogen-bond acceptors (Lipinski definition) is 5. The van der Waals surface area contributed by atoms with Crippen LogP contribution >= 0.6 is 24.0 Å². The number of aliphatic imine (C=N–C) groups is 1. The molecule has 8 nitrogen and oxygen atoms in total. The second-order valence-corrected chi connectivity index (χ2v) is 6.28. The number of ether oxygens (including phenoxy) is 2. The Bertz CT molecular complexity index is 703. The van der Waals surface area contributed by atoms with E-state index in [-0.39, 0.29) is 30.1 Å². The Morgan fingerprint density at radius 1 is 1.32 bits per heavy atom. The van der Waals surface area contributed by atoms with Gasteiger partial charge in [-0.25, -0.2) is 4.99 Å². The van der Waals surface area contributed by atoms with Gasteiger partial charge in [-0.1, -0.05) is 18.2 Å². The summed E-state index contributed by atoms with van der Waals surface area (Å²) in [6.45, 7) is 6.35. The lowest BCUT2D eigenvalue weighted by molar-refractivity contribution is 0.0420. The van der Waals surface area contributed by atoms with E-state index in [9.17, 15) is 0 Å². The SMILES string of the molecule is CCNC(=NCc1nncn1-c1ccccc1)NCCCOC1CCOC1.I. The fraction of sp³-hybridized carbons (Fsp3) is 0.526. The van der Waals surface area contributed by atoms with Crippen molar-refractivity contribution >= 4 is 29.9 Å². The van der Waals surface area contributed by atoms with E-state index in [0.717, 1.165) is 63.2 Å². The highest BCUT2D eigenvalue weighted by atomic mass is 127. The van der Waals surface area contributed by atoms with Gasteiger partial charge in [0.15, 0.2) is 11.8 Å². The van der Waals surface area contributed by atoms with Gasteiger partial charge in [0.25, 0.3) is 0 Å². The van der Waals surface area contributed by atoms with Crippen LogP contribution in [0.1, 0.15) is 25.6 Å². The van der Waals surface area contributed by atoms with Gasteiger partial charge in [-0.05, 0) is 31.9 Å². The molecule has 1 saturated heterocycles. The van der Waals surface area contributed by atoms with Crippen LogP contribution in [0.15, 0.2) is 41.7 Å². The predicted molar refractivity (Wildman–Crippen MR) is 119 cm³/mol. The van der Waals surface area contributed by atoms with Crippen LogP contribution < -0.4 is 10.6 Å². The molecule has 154 valence electrons. The second kappa shape index (κ2) is 12.7. The van der Waals surface area contributed by atoms with Crippen molar-refractivity contribution in [1.82, 2.24) is 25.4 Å². The third kappa shape index (κ3) is 7.02. The summed E-state index contributed by atoms with van der Waals surface area (Å²) in [5, 5.41) is 14.8. The molecule has 1 aliphatic rings. The molecule has 2 aromatic rings. The average molecular weight is 500 g/mol. The van der Waals surface area contributed by atoms with Gasteiger partial charge in [-0.3, -0.25) is 4.57 Å². The Balaban J connectivity index is 0.00000280. The lowest BCUT2D eigenvalue weighted by Crippen LogP contribution is -2.38. The number of hydrogen-bond donors (Lipinski definition) is 2. The first-order valence-corrected chi connectivity index (χ1v) is 9.52. The van der Waals surface area contributed by atoms with Crippen LogP contribution in [0.25, 0.3) is 5.69 Å². The van der Waals surface area contributed by atoms with E-state index in [4.69, 9.17) is 9.47 Å². The maximum absolute atomic E-state index is 5.78. The zero-order chi connectivity index (χ0) is 18.7. The number of para-hydroxylation sites is 1. The number of benzene rings is 1. The molecular weight excluding hydrogens is 471 g/mol. The molecule has 0 saturated carbocycles. The molecule has 0 aliphatic carbocycles. The maximum atomic E-state index is 5.78. The third-order valence-corrected chi connectivity index (χ3v) is 4.23. The summed E-state index contributed by atoms with van der Waals surface area (Å²) in [7, 11) is 0. The Morgan fingerprint density at radius 2 is 2.18 bits per heavy atom. The van der Waals surface area contributed by atoms with Crippen molar-refractivity contribution in [3.63, 3.8) is 0 Å². The topological polar surface area (TPSA) is 85.6 Å². The van der Waals surface area contributed by atoms with Gasteiger partial charge >= 0.3 is 0 Å². The first-order chi connectivity index (χ1) is 13.4. The van der Waals surface area contributed by atoms with Crippen LogP contribution in [0.2, 0.25) is 0 Å². The third-order valence-electron chi connectivity index (χ3n) is 4.23. The zero-order valence-electron chi connectivity index (χ0n) is 16.2. The van der Waals surface area contributed by atoms with Crippen molar-refractivity contribution in [3.05, 3.63) is 42.5 Å². The molecule has 9 heteroatoms. The van der Waals surface area contributed by atoms with E-state index in [1.54, 1.807) is 6.33 Å². The molecule has 1 aromatic carbocycles. The van der Waals surface area contributed by atoms with Crippen molar-refractivity contribution < 1.29 is 9.47 Å². The number of halogens is 1. The molecule has 2 N–H and O–H groups in total. The summed E-state index contributed by atoms with van der Waals surface area (Å²) < 4.78 is 13.0. The van der Waals surface area contributed by atoms with Crippen LogP contribution in [0.4, 0.5) is 0 Å². The Hall–Kier alpha value is -1.72. The van der Waals surface area contributed by atoms with Gasteiger partial charge in [0.1, 0.15) is 12.9 Å². The highest BCUT2D eigenvalue weighted by molar-refractivity contribution is 14.0. The number of rotatable bonds is 9.